The van der Waals surface area contributed by atoms with E-state index < -0.39 is 17.2 Å². The Bertz CT molecular complexity index is 645. The van der Waals surface area contributed by atoms with Gasteiger partial charge >= 0.3 is 0 Å². The zero-order valence-corrected chi connectivity index (χ0v) is 12.7. The molecule has 0 radical (unpaired) electrons. The highest BCUT2D eigenvalue weighted by Gasteiger charge is 2.36. The first-order valence-electron chi connectivity index (χ1n) is 7.65. The molecule has 1 saturated heterocycles. The number of aromatic nitrogens is 3. The van der Waals surface area contributed by atoms with Gasteiger partial charge in [0.15, 0.2) is 0 Å². The van der Waals surface area contributed by atoms with Crippen LogP contribution in [0.3, 0.4) is 0 Å². The summed E-state index contributed by atoms with van der Waals surface area (Å²) in [6.07, 6.45) is 4.80. The average molecular weight is 323 g/mol. The molecule has 0 bridgehead atoms. The van der Waals surface area contributed by atoms with E-state index in [0.717, 1.165) is 25.0 Å². The Morgan fingerprint density at radius 1 is 1.30 bits per heavy atom. The lowest BCUT2D eigenvalue weighted by atomic mass is 9.81. The van der Waals surface area contributed by atoms with Crippen LogP contribution in [0.5, 0.6) is 0 Å². The maximum absolute atomic E-state index is 14.3. The van der Waals surface area contributed by atoms with Gasteiger partial charge in [-0.2, -0.15) is 5.10 Å². The molecule has 3 rings (SSSR count). The molecule has 0 saturated carbocycles. The topological polar surface area (TPSA) is 60.2 Å². The molecule has 1 fully saturated rings. The van der Waals surface area contributed by atoms with Crippen LogP contribution >= 0.6 is 0 Å². The number of halogens is 2. The van der Waals surface area contributed by atoms with Gasteiger partial charge in [0.25, 0.3) is 0 Å². The number of hydrogen-bond acceptors (Lipinski definition) is 4. The monoisotopic (exact) mass is 323 g/mol. The molecule has 2 heterocycles. The Balaban J connectivity index is 1.90. The summed E-state index contributed by atoms with van der Waals surface area (Å²) in [6, 6.07) is 3.27. The predicted molar refractivity (Wildman–Crippen MR) is 78.4 cm³/mol. The maximum atomic E-state index is 14.3. The van der Waals surface area contributed by atoms with E-state index in [-0.39, 0.29) is 18.0 Å². The third-order valence-corrected chi connectivity index (χ3v) is 4.29. The van der Waals surface area contributed by atoms with Crippen molar-refractivity contribution in [2.24, 2.45) is 5.92 Å². The minimum atomic E-state index is -1.48. The van der Waals surface area contributed by atoms with Gasteiger partial charge in [-0.15, -0.1) is 0 Å². The Kier molecular flexibility index (Phi) is 4.68. The smallest absolute Gasteiger partial charge is 0.137 e. The second kappa shape index (κ2) is 6.72. The van der Waals surface area contributed by atoms with Crippen LogP contribution in [0.1, 0.15) is 24.8 Å². The number of nitrogens with zero attached hydrogens (tertiary/aromatic N) is 3. The Morgan fingerprint density at radius 3 is 2.74 bits per heavy atom. The van der Waals surface area contributed by atoms with Gasteiger partial charge in [-0.3, -0.25) is 0 Å². The van der Waals surface area contributed by atoms with E-state index in [1.807, 2.05) is 0 Å². The van der Waals surface area contributed by atoms with Crippen LogP contribution in [0.15, 0.2) is 30.9 Å². The number of benzene rings is 1. The first kappa shape index (κ1) is 16.0. The number of hydrogen-bond donors (Lipinski definition) is 1. The van der Waals surface area contributed by atoms with E-state index in [2.05, 4.69) is 10.1 Å². The molecule has 1 aromatic heterocycles. The standard InChI is InChI=1S/C16H19F2N3O2/c17-13-1-2-14(15(18)7-13)16(22,9-21-11-19-10-20-21)8-12-3-5-23-6-4-12/h1-2,7,10-12,22H,3-6,8-9H2/t16-/m0/s1. The molecule has 1 aliphatic rings. The fourth-order valence-electron chi connectivity index (χ4n) is 3.14. The summed E-state index contributed by atoms with van der Waals surface area (Å²) in [5.74, 6) is -1.21. The van der Waals surface area contributed by atoms with E-state index in [1.54, 1.807) is 0 Å². The van der Waals surface area contributed by atoms with Gasteiger partial charge in [-0.25, -0.2) is 18.4 Å². The number of aliphatic hydroxyl groups is 1. The normalized spacial score (nSPS) is 18.7. The van der Waals surface area contributed by atoms with Crippen LogP contribution < -0.4 is 0 Å². The Hall–Kier alpha value is -1.86. The van der Waals surface area contributed by atoms with Crippen molar-refractivity contribution >= 4 is 0 Å². The van der Waals surface area contributed by atoms with Crippen LogP contribution in [-0.4, -0.2) is 33.1 Å². The van der Waals surface area contributed by atoms with Crippen molar-refractivity contribution in [1.82, 2.24) is 14.8 Å². The summed E-state index contributed by atoms with van der Waals surface area (Å²) in [6.45, 7) is 1.33. The highest BCUT2D eigenvalue weighted by atomic mass is 19.1. The zero-order valence-electron chi connectivity index (χ0n) is 12.7. The molecule has 5 nitrogen and oxygen atoms in total. The molecule has 2 aromatic rings. The zero-order chi connectivity index (χ0) is 16.3. The number of ether oxygens (including phenoxy) is 1. The fraction of sp³-hybridized carbons (Fsp3) is 0.500. The van der Waals surface area contributed by atoms with Crippen molar-refractivity contribution in [2.45, 2.75) is 31.4 Å². The van der Waals surface area contributed by atoms with Gasteiger partial charge in [0.05, 0.1) is 6.54 Å². The van der Waals surface area contributed by atoms with Crippen LogP contribution in [-0.2, 0) is 16.9 Å². The molecule has 0 spiro atoms. The van der Waals surface area contributed by atoms with E-state index in [1.165, 1.54) is 23.4 Å². The van der Waals surface area contributed by atoms with Gasteiger partial charge in [0.1, 0.15) is 29.9 Å². The van der Waals surface area contributed by atoms with Gasteiger partial charge in [-0.05, 0) is 31.2 Å². The van der Waals surface area contributed by atoms with Gasteiger partial charge < -0.3 is 9.84 Å². The molecule has 0 unspecified atom stereocenters. The molecule has 23 heavy (non-hydrogen) atoms. The largest absolute Gasteiger partial charge is 0.383 e. The quantitative estimate of drug-likeness (QED) is 0.917. The van der Waals surface area contributed by atoms with Crippen molar-refractivity contribution in [1.29, 1.82) is 0 Å². The number of rotatable bonds is 5. The van der Waals surface area contributed by atoms with Crippen molar-refractivity contribution in [2.75, 3.05) is 13.2 Å². The first-order valence-corrected chi connectivity index (χ1v) is 7.65. The fourth-order valence-corrected chi connectivity index (χ4v) is 3.14. The molecular formula is C16H19F2N3O2. The van der Waals surface area contributed by atoms with Gasteiger partial charge in [0, 0.05) is 24.8 Å². The van der Waals surface area contributed by atoms with E-state index in [9.17, 15) is 13.9 Å². The van der Waals surface area contributed by atoms with Crippen molar-refractivity contribution < 1.29 is 18.6 Å². The molecule has 1 atom stereocenters. The van der Waals surface area contributed by atoms with Crippen LogP contribution in [0, 0.1) is 17.6 Å². The van der Waals surface area contributed by atoms with Crippen LogP contribution in [0.25, 0.3) is 0 Å². The molecule has 1 aromatic carbocycles. The van der Waals surface area contributed by atoms with Crippen molar-refractivity contribution in [3.8, 4) is 0 Å². The van der Waals surface area contributed by atoms with Gasteiger partial charge in [-0.1, -0.05) is 6.07 Å². The lowest BCUT2D eigenvalue weighted by molar-refractivity contribution is -0.0322. The Labute approximate surface area is 132 Å². The SMILES string of the molecule is O[C@@](CC1CCOCC1)(Cn1cncn1)c1ccc(F)cc1F. The Morgan fingerprint density at radius 2 is 2.09 bits per heavy atom. The van der Waals surface area contributed by atoms with Gasteiger partial charge in [0.2, 0.25) is 0 Å². The molecule has 7 heteroatoms. The first-order chi connectivity index (χ1) is 11.1. The summed E-state index contributed by atoms with van der Waals surface area (Å²) in [5, 5.41) is 15.2. The summed E-state index contributed by atoms with van der Waals surface area (Å²) in [4.78, 5) is 3.85. The van der Waals surface area contributed by atoms with E-state index >= 15 is 0 Å². The minimum absolute atomic E-state index is 0.0624. The van der Waals surface area contributed by atoms with Crippen molar-refractivity contribution in [3.05, 3.63) is 48.1 Å². The maximum Gasteiger partial charge on any atom is 0.137 e. The summed E-state index contributed by atoms with van der Waals surface area (Å²) >= 11 is 0. The molecule has 124 valence electrons. The summed E-state index contributed by atoms with van der Waals surface area (Å²) in [5.41, 5.74) is -1.39. The molecular weight excluding hydrogens is 304 g/mol. The van der Waals surface area contributed by atoms with E-state index in [0.29, 0.717) is 19.6 Å². The van der Waals surface area contributed by atoms with Crippen LogP contribution in [0.2, 0.25) is 0 Å². The second-order valence-electron chi connectivity index (χ2n) is 6.01. The van der Waals surface area contributed by atoms with Crippen LogP contribution in [0.4, 0.5) is 8.78 Å². The van der Waals surface area contributed by atoms with Crippen molar-refractivity contribution in [3.63, 3.8) is 0 Å². The summed E-state index contributed by atoms with van der Waals surface area (Å²) < 4.78 is 34.3. The molecule has 0 aliphatic carbocycles. The lowest BCUT2D eigenvalue weighted by Gasteiger charge is -2.34. The lowest BCUT2D eigenvalue weighted by Crippen LogP contribution is -2.36. The minimum Gasteiger partial charge on any atom is -0.383 e. The third-order valence-electron chi connectivity index (χ3n) is 4.29. The summed E-state index contributed by atoms with van der Waals surface area (Å²) in [7, 11) is 0. The molecule has 0 amide bonds. The highest BCUT2D eigenvalue weighted by Crippen LogP contribution is 2.35. The average Bonchev–Trinajstić information content (AvgIpc) is 3.00. The van der Waals surface area contributed by atoms with E-state index in [4.69, 9.17) is 4.74 Å². The third kappa shape index (κ3) is 3.73. The molecule has 1 N–H and O–H groups in total. The predicted octanol–water partition coefficient (Wildman–Crippen LogP) is 2.26. The molecule has 1 aliphatic heterocycles. The second-order valence-corrected chi connectivity index (χ2v) is 6.01. The highest BCUT2D eigenvalue weighted by molar-refractivity contribution is 5.25.